The van der Waals surface area contributed by atoms with Gasteiger partial charge in [-0.25, -0.2) is 4.79 Å². The van der Waals surface area contributed by atoms with E-state index in [0.717, 1.165) is 10.4 Å². The Labute approximate surface area is 119 Å². The molecule has 3 N–H and O–H groups in total. The van der Waals surface area contributed by atoms with Crippen LogP contribution < -0.4 is 5.32 Å². The van der Waals surface area contributed by atoms with Crippen LogP contribution in [0.4, 0.5) is 5.69 Å². The summed E-state index contributed by atoms with van der Waals surface area (Å²) in [7, 11) is 0. The van der Waals surface area contributed by atoms with Crippen LogP contribution in [0.5, 0.6) is 5.75 Å². The largest absolute Gasteiger partial charge is 0.507 e. The summed E-state index contributed by atoms with van der Waals surface area (Å²) < 4.78 is 0. The third kappa shape index (κ3) is 2.65. The summed E-state index contributed by atoms with van der Waals surface area (Å²) >= 11 is 1.49. The van der Waals surface area contributed by atoms with Crippen molar-refractivity contribution in [2.45, 2.75) is 13.8 Å². The maximum atomic E-state index is 12.1. The number of thiophene rings is 1. The zero-order valence-corrected chi connectivity index (χ0v) is 11.7. The van der Waals surface area contributed by atoms with E-state index in [1.54, 1.807) is 5.38 Å². The quantitative estimate of drug-likeness (QED) is 0.759. The van der Waals surface area contributed by atoms with Crippen LogP contribution in [0.1, 0.15) is 31.2 Å². The van der Waals surface area contributed by atoms with Gasteiger partial charge in [0, 0.05) is 15.9 Å². The van der Waals surface area contributed by atoms with E-state index < -0.39 is 5.97 Å². The molecule has 1 aromatic carbocycles. The number of rotatable bonds is 3. The average molecular weight is 291 g/mol. The summed E-state index contributed by atoms with van der Waals surface area (Å²) in [5.41, 5.74) is 1.55. The number of aromatic carboxylic acids is 1. The van der Waals surface area contributed by atoms with Crippen molar-refractivity contribution < 1.29 is 19.8 Å². The molecule has 1 amide bonds. The normalized spacial score (nSPS) is 10.3. The van der Waals surface area contributed by atoms with Gasteiger partial charge in [-0.05, 0) is 37.6 Å². The molecule has 0 fully saturated rings. The van der Waals surface area contributed by atoms with E-state index in [1.807, 2.05) is 13.8 Å². The Morgan fingerprint density at radius 3 is 2.45 bits per heavy atom. The summed E-state index contributed by atoms with van der Waals surface area (Å²) in [5.74, 6) is -1.88. The highest BCUT2D eigenvalue weighted by atomic mass is 32.1. The van der Waals surface area contributed by atoms with E-state index in [1.165, 1.54) is 29.5 Å². The highest BCUT2D eigenvalue weighted by Gasteiger charge is 2.15. The Morgan fingerprint density at radius 1 is 1.20 bits per heavy atom. The van der Waals surface area contributed by atoms with Crippen LogP contribution in [0.2, 0.25) is 0 Å². The molecule has 0 spiro atoms. The zero-order valence-electron chi connectivity index (χ0n) is 10.9. The minimum Gasteiger partial charge on any atom is -0.507 e. The highest BCUT2D eigenvalue weighted by molar-refractivity contribution is 7.10. The van der Waals surface area contributed by atoms with Gasteiger partial charge in [0.15, 0.2) is 0 Å². The molecule has 0 radical (unpaired) electrons. The molecule has 104 valence electrons. The van der Waals surface area contributed by atoms with Crippen LogP contribution in [-0.4, -0.2) is 22.1 Å². The van der Waals surface area contributed by atoms with Gasteiger partial charge in [0.25, 0.3) is 5.91 Å². The standard InChI is InChI=1S/C14H13NO4S/c1-7-8(2)20-6-11(7)13(17)15-9-3-4-12(16)10(5-9)14(18)19/h3-6,16H,1-2H3,(H,15,17)(H,18,19). The molecule has 20 heavy (non-hydrogen) atoms. The predicted octanol–water partition coefficient (Wildman–Crippen LogP) is 3.02. The van der Waals surface area contributed by atoms with Crippen LogP contribution in [0.15, 0.2) is 23.6 Å². The number of nitrogens with one attached hydrogen (secondary N) is 1. The van der Waals surface area contributed by atoms with E-state index in [2.05, 4.69) is 5.32 Å². The van der Waals surface area contributed by atoms with E-state index in [9.17, 15) is 14.7 Å². The first-order valence-corrected chi connectivity index (χ1v) is 6.70. The Balaban J connectivity index is 2.26. The van der Waals surface area contributed by atoms with Crippen molar-refractivity contribution in [1.82, 2.24) is 0 Å². The number of phenols is 1. The van der Waals surface area contributed by atoms with E-state index in [4.69, 9.17) is 5.11 Å². The second kappa shape index (κ2) is 5.34. The van der Waals surface area contributed by atoms with Gasteiger partial charge in [0.1, 0.15) is 11.3 Å². The minimum absolute atomic E-state index is 0.249. The number of aromatic hydroxyl groups is 1. The lowest BCUT2D eigenvalue weighted by Gasteiger charge is -2.07. The fraction of sp³-hybridized carbons (Fsp3) is 0.143. The van der Waals surface area contributed by atoms with Gasteiger partial charge in [-0.3, -0.25) is 4.79 Å². The van der Waals surface area contributed by atoms with Crippen molar-refractivity contribution in [3.05, 3.63) is 45.1 Å². The molecule has 0 bridgehead atoms. The van der Waals surface area contributed by atoms with Crippen molar-refractivity contribution in [2.75, 3.05) is 5.32 Å². The first-order chi connectivity index (χ1) is 9.40. The molecule has 0 aliphatic rings. The van der Waals surface area contributed by atoms with Crippen LogP contribution in [0.25, 0.3) is 0 Å². The van der Waals surface area contributed by atoms with Crippen LogP contribution in [-0.2, 0) is 0 Å². The number of hydrogen-bond donors (Lipinski definition) is 3. The number of anilines is 1. The maximum absolute atomic E-state index is 12.1. The van der Waals surface area contributed by atoms with Gasteiger partial charge >= 0.3 is 5.97 Å². The van der Waals surface area contributed by atoms with E-state index in [-0.39, 0.29) is 17.2 Å². The van der Waals surface area contributed by atoms with Crippen molar-refractivity contribution in [3.8, 4) is 5.75 Å². The molecule has 1 aromatic heterocycles. The number of carboxylic acid groups (broad SMARTS) is 1. The second-order valence-electron chi connectivity index (χ2n) is 4.32. The molecule has 0 unspecified atom stereocenters. The molecule has 0 atom stereocenters. The van der Waals surface area contributed by atoms with Gasteiger partial charge in [-0.2, -0.15) is 0 Å². The summed E-state index contributed by atoms with van der Waals surface area (Å²) in [6.45, 7) is 3.79. The first-order valence-electron chi connectivity index (χ1n) is 5.82. The van der Waals surface area contributed by atoms with E-state index >= 15 is 0 Å². The summed E-state index contributed by atoms with van der Waals surface area (Å²) in [5, 5.41) is 22.7. The van der Waals surface area contributed by atoms with Gasteiger partial charge in [-0.1, -0.05) is 0 Å². The lowest BCUT2D eigenvalue weighted by molar-refractivity contribution is 0.0693. The third-order valence-electron chi connectivity index (χ3n) is 3.02. The monoisotopic (exact) mass is 291 g/mol. The molecule has 0 saturated heterocycles. The van der Waals surface area contributed by atoms with Gasteiger partial charge in [-0.15, -0.1) is 11.3 Å². The van der Waals surface area contributed by atoms with E-state index in [0.29, 0.717) is 11.3 Å². The Kier molecular flexibility index (Phi) is 3.76. The molecule has 6 heteroatoms. The minimum atomic E-state index is -1.25. The molecule has 0 saturated carbocycles. The average Bonchev–Trinajstić information content (AvgIpc) is 2.72. The zero-order chi connectivity index (χ0) is 14.9. The third-order valence-corrected chi connectivity index (χ3v) is 4.03. The van der Waals surface area contributed by atoms with Gasteiger partial charge in [0.2, 0.25) is 0 Å². The molecule has 1 heterocycles. The lowest BCUT2D eigenvalue weighted by atomic mass is 10.1. The van der Waals surface area contributed by atoms with Crippen LogP contribution in [0.3, 0.4) is 0 Å². The SMILES string of the molecule is Cc1scc(C(=O)Nc2ccc(O)c(C(=O)O)c2)c1C. The number of carbonyl (C=O) groups excluding carboxylic acids is 1. The number of carbonyl (C=O) groups is 2. The molecular weight excluding hydrogens is 278 g/mol. The molecule has 5 nitrogen and oxygen atoms in total. The molecule has 0 aliphatic carbocycles. The number of amides is 1. The Bertz CT molecular complexity index is 690. The molecular formula is C14H13NO4S. The predicted molar refractivity (Wildman–Crippen MR) is 76.8 cm³/mol. The van der Waals surface area contributed by atoms with Crippen LogP contribution >= 0.6 is 11.3 Å². The summed E-state index contributed by atoms with van der Waals surface area (Å²) in [6, 6.07) is 3.92. The summed E-state index contributed by atoms with van der Waals surface area (Å²) in [6.07, 6.45) is 0. The number of hydrogen-bond acceptors (Lipinski definition) is 4. The number of carboxylic acids is 1. The van der Waals surface area contributed by atoms with Gasteiger partial charge < -0.3 is 15.5 Å². The topological polar surface area (TPSA) is 86.6 Å². The van der Waals surface area contributed by atoms with Crippen molar-refractivity contribution in [2.24, 2.45) is 0 Å². The lowest BCUT2D eigenvalue weighted by Crippen LogP contribution is -2.12. The highest BCUT2D eigenvalue weighted by Crippen LogP contribution is 2.24. The fourth-order valence-corrected chi connectivity index (χ4v) is 2.59. The Hall–Kier alpha value is -2.34. The molecule has 2 aromatic rings. The van der Waals surface area contributed by atoms with Crippen molar-refractivity contribution >= 4 is 28.9 Å². The number of benzene rings is 1. The maximum Gasteiger partial charge on any atom is 0.339 e. The van der Waals surface area contributed by atoms with Crippen LogP contribution in [0, 0.1) is 13.8 Å². The number of aryl methyl sites for hydroxylation is 1. The molecule has 0 aliphatic heterocycles. The molecule has 2 rings (SSSR count). The smallest absolute Gasteiger partial charge is 0.339 e. The Morgan fingerprint density at radius 2 is 1.90 bits per heavy atom. The fourth-order valence-electron chi connectivity index (χ4n) is 1.72. The second-order valence-corrected chi connectivity index (χ2v) is 5.41. The van der Waals surface area contributed by atoms with Crippen molar-refractivity contribution in [3.63, 3.8) is 0 Å². The first kappa shape index (κ1) is 14.1. The van der Waals surface area contributed by atoms with Gasteiger partial charge in [0.05, 0.1) is 5.56 Å². The summed E-state index contributed by atoms with van der Waals surface area (Å²) in [4.78, 5) is 24.1. The van der Waals surface area contributed by atoms with Crippen molar-refractivity contribution in [1.29, 1.82) is 0 Å².